The first-order valence-electron chi connectivity index (χ1n) is 15.7. The van der Waals surface area contributed by atoms with Crippen molar-refractivity contribution in [2.24, 2.45) is 0 Å². The number of amides is 1. The van der Waals surface area contributed by atoms with E-state index >= 15 is 4.39 Å². The van der Waals surface area contributed by atoms with E-state index in [0.717, 1.165) is 65.1 Å². The molecule has 1 atom stereocenters. The number of carbonyl (C=O) groups is 1. The Bertz CT molecular complexity index is 2020. The highest BCUT2D eigenvalue weighted by molar-refractivity contribution is 7.18. The van der Waals surface area contributed by atoms with Gasteiger partial charge in [-0.25, -0.2) is 13.8 Å². The average molecular weight is 656 g/mol. The van der Waals surface area contributed by atoms with Gasteiger partial charge in [0.05, 0.1) is 36.1 Å². The Morgan fingerprint density at radius 1 is 1.06 bits per heavy atom. The van der Waals surface area contributed by atoms with E-state index in [-0.39, 0.29) is 36.5 Å². The van der Waals surface area contributed by atoms with Gasteiger partial charge in [-0.3, -0.25) is 9.48 Å². The molecule has 47 heavy (non-hydrogen) atoms. The van der Waals surface area contributed by atoms with E-state index in [2.05, 4.69) is 36.7 Å². The largest absolute Gasteiger partial charge is 0.490 e. The number of thiophene rings is 1. The van der Waals surface area contributed by atoms with Crippen LogP contribution in [0.1, 0.15) is 29.8 Å². The highest BCUT2D eigenvalue weighted by atomic mass is 32.1. The second-order valence-corrected chi connectivity index (χ2v) is 13.0. The van der Waals surface area contributed by atoms with Crippen LogP contribution in [0.2, 0.25) is 0 Å². The lowest BCUT2D eigenvalue weighted by molar-refractivity contribution is -0.129. The number of halogens is 2. The fourth-order valence-corrected chi connectivity index (χ4v) is 7.69. The highest BCUT2D eigenvalue weighted by Crippen LogP contribution is 2.47. The number of nitrogens with zero attached hydrogens (tertiary/aromatic N) is 5. The molecule has 0 aliphatic carbocycles. The van der Waals surface area contributed by atoms with Crippen molar-refractivity contribution in [3.8, 4) is 39.5 Å². The normalized spacial score (nSPS) is 16.5. The van der Waals surface area contributed by atoms with Gasteiger partial charge in [0.15, 0.2) is 0 Å². The SMILES string of the molecule is C=CC(=O)N1CCn2nc(-c3nc(-c4ccc5c(c4)CCN(C)CC5)c4ccsc4c3-c3c(F)cc(F)cc3OCCO)cc2[C@H]1C. The molecule has 2 aliphatic heterocycles. The molecule has 3 aromatic heterocycles. The molecule has 0 spiro atoms. The second kappa shape index (κ2) is 12.6. The van der Waals surface area contributed by atoms with Gasteiger partial charge in [0.2, 0.25) is 5.91 Å². The second-order valence-electron chi connectivity index (χ2n) is 12.1. The van der Waals surface area contributed by atoms with Gasteiger partial charge in [0.1, 0.15) is 35.4 Å². The topological polar surface area (TPSA) is 83.7 Å². The molecule has 0 bridgehead atoms. The smallest absolute Gasteiger partial charge is 0.246 e. The van der Waals surface area contributed by atoms with E-state index < -0.39 is 11.6 Å². The molecule has 5 heterocycles. The summed E-state index contributed by atoms with van der Waals surface area (Å²) >= 11 is 1.44. The predicted molar refractivity (Wildman–Crippen MR) is 179 cm³/mol. The summed E-state index contributed by atoms with van der Waals surface area (Å²) in [7, 11) is 2.14. The van der Waals surface area contributed by atoms with E-state index in [4.69, 9.17) is 14.8 Å². The molecule has 0 fully saturated rings. The first-order valence-corrected chi connectivity index (χ1v) is 16.6. The number of fused-ring (bicyclic) bond motifs is 3. The molecule has 0 radical (unpaired) electrons. The quantitative estimate of drug-likeness (QED) is 0.209. The van der Waals surface area contributed by atoms with Crippen LogP contribution in [0.25, 0.3) is 43.9 Å². The highest BCUT2D eigenvalue weighted by Gasteiger charge is 2.31. The summed E-state index contributed by atoms with van der Waals surface area (Å²) in [4.78, 5) is 21.9. The minimum Gasteiger partial charge on any atom is -0.490 e. The van der Waals surface area contributed by atoms with Crippen molar-refractivity contribution in [2.75, 3.05) is 39.9 Å². The maximum absolute atomic E-state index is 16.0. The lowest BCUT2D eigenvalue weighted by Crippen LogP contribution is -2.40. The van der Waals surface area contributed by atoms with Crippen molar-refractivity contribution >= 4 is 27.3 Å². The number of aliphatic hydroxyl groups is 1. The van der Waals surface area contributed by atoms with Crippen molar-refractivity contribution < 1.29 is 23.4 Å². The van der Waals surface area contributed by atoms with Gasteiger partial charge in [-0.05, 0) is 67.6 Å². The fourth-order valence-electron chi connectivity index (χ4n) is 6.74. The number of aromatic nitrogens is 3. The minimum atomic E-state index is -0.808. The van der Waals surface area contributed by atoms with Gasteiger partial charge in [0.25, 0.3) is 0 Å². The Morgan fingerprint density at radius 2 is 1.87 bits per heavy atom. The monoisotopic (exact) mass is 655 g/mol. The predicted octanol–water partition coefficient (Wildman–Crippen LogP) is 6.26. The van der Waals surface area contributed by atoms with Crippen LogP contribution >= 0.6 is 11.3 Å². The molecular formula is C36H35F2N5O3S. The van der Waals surface area contributed by atoms with Crippen LogP contribution in [-0.2, 0) is 24.2 Å². The van der Waals surface area contributed by atoms with Crippen molar-refractivity contribution in [2.45, 2.75) is 32.4 Å². The molecule has 0 saturated heterocycles. The summed E-state index contributed by atoms with van der Waals surface area (Å²) in [6.45, 7) is 8.03. The third-order valence-corrected chi connectivity index (χ3v) is 10.1. The zero-order valence-electron chi connectivity index (χ0n) is 26.3. The Morgan fingerprint density at radius 3 is 2.66 bits per heavy atom. The third-order valence-electron chi connectivity index (χ3n) is 9.19. The van der Waals surface area contributed by atoms with Crippen molar-refractivity contribution in [3.05, 3.63) is 89.0 Å². The molecule has 1 amide bonds. The lowest BCUT2D eigenvalue weighted by atomic mass is 9.94. The van der Waals surface area contributed by atoms with Crippen molar-refractivity contribution in [1.29, 1.82) is 0 Å². The number of ether oxygens (including phenoxy) is 1. The molecule has 242 valence electrons. The lowest BCUT2D eigenvalue weighted by Gasteiger charge is -2.33. The Kier molecular flexibility index (Phi) is 8.37. The fraction of sp³-hybridized carbons (Fsp3) is 0.306. The average Bonchev–Trinajstić information content (AvgIpc) is 3.69. The molecule has 5 aromatic rings. The molecule has 11 heteroatoms. The summed E-state index contributed by atoms with van der Waals surface area (Å²) in [5, 5.41) is 17.2. The Labute approximate surface area is 275 Å². The van der Waals surface area contributed by atoms with E-state index in [1.54, 1.807) is 4.90 Å². The van der Waals surface area contributed by atoms with Gasteiger partial charge in [-0.2, -0.15) is 5.10 Å². The van der Waals surface area contributed by atoms with Gasteiger partial charge in [-0.15, -0.1) is 11.3 Å². The minimum absolute atomic E-state index is 0.0312. The van der Waals surface area contributed by atoms with E-state index in [1.165, 1.54) is 28.5 Å². The van der Waals surface area contributed by atoms with Crippen LogP contribution in [0.3, 0.4) is 0 Å². The summed E-state index contributed by atoms with van der Waals surface area (Å²) < 4.78 is 38.9. The number of hydrogen-bond acceptors (Lipinski definition) is 7. The number of pyridine rings is 1. The van der Waals surface area contributed by atoms with Gasteiger partial charge < -0.3 is 19.6 Å². The van der Waals surface area contributed by atoms with Gasteiger partial charge in [0, 0.05) is 53.0 Å². The van der Waals surface area contributed by atoms with Crippen LogP contribution in [0.5, 0.6) is 5.75 Å². The van der Waals surface area contributed by atoms with Gasteiger partial charge >= 0.3 is 0 Å². The summed E-state index contributed by atoms with van der Waals surface area (Å²) in [6.07, 6.45) is 3.21. The number of rotatable bonds is 7. The van der Waals surface area contributed by atoms with Crippen LogP contribution in [0, 0.1) is 11.6 Å². The van der Waals surface area contributed by atoms with Crippen LogP contribution in [-0.4, -0.2) is 75.5 Å². The number of carbonyl (C=O) groups excluding carboxylic acids is 1. The molecule has 2 aliphatic rings. The number of benzene rings is 2. The molecule has 7 rings (SSSR count). The van der Waals surface area contributed by atoms with E-state index in [1.807, 2.05) is 29.1 Å². The number of aliphatic hydroxyl groups excluding tert-OH is 1. The van der Waals surface area contributed by atoms with Crippen LogP contribution < -0.4 is 4.74 Å². The van der Waals surface area contributed by atoms with Crippen molar-refractivity contribution in [1.82, 2.24) is 24.6 Å². The summed E-state index contributed by atoms with van der Waals surface area (Å²) in [6, 6.07) is 12.0. The Balaban J connectivity index is 1.48. The zero-order chi connectivity index (χ0) is 32.8. The molecule has 8 nitrogen and oxygen atoms in total. The number of hydrogen-bond donors (Lipinski definition) is 1. The molecule has 2 aromatic carbocycles. The van der Waals surface area contributed by atoms with Gasteiger partial charge in [-0.1, -0.05) is 18.7 Å². The summed E-state index contributed by atoms with van der Waals surface area (Å²) in [5.74, 6) is -1.79. The molecular weight excluding hydrogens is 620 g/mol. The first-order chi connectivity index (χ1) is 22.8. The van der Waals surface area contributed by atoms with E-state index in [9.17, 15) is 14.3 Å². The zero-order valence-corrected chi connectivity index (χ0v) is 27.1. The molecule has 0 saturated carbocycles. The third kappa shape index (κ3) is 5.62. The van der Waals surface area contributed by atoms with Crippen molar-refractivity contribution in [3.63, 3.8) is 0 Å². The Hall–Kier alpha value is -4.45. The maximum Gasteiger partial charge on any atom is 0.246 e. The van der Waals surface area contributed by atoms with Crippen LogP contribution in [0.15, 0.2) is 60.5 Å². The van der Waals surface area contributed by atoms with E-state index in [0.29, 0.717) is 30.0 Å². The first kappa shape index (κ1) is 31.2. The maximum atomic E-state index is 16.0. The number of likely N-dealkylation sites (N-methyl/N-ethyl adjacent to an activating group) is 1. The summed E-state index contributed by atoms with van der Waals surface area (Å²) in [5.41, 5.74) is 6.50. The standard InChI is InChI=1S/C36H35F2N5O3S/c1-4-31(45)42-12-13-43-29(21(42)2)20-28(40-43)35-33(32-27(38)18-25(37)19-30(32)46-15-14-44)36-26(9-16-47-36)34(39-35)24-6-5-22-7-10-41(3)11-8-23(22)17-24/h4-6,9,16-21,44H,1,7-8,10-15H2,2-3H3/t21-/m1/s1. The van der Waals surface area contributed by atoms with Crippen LogP contribution in [0.4, 0.5) is 8.78 Å². The molecule has 0 unspecified atom stereocenters. The molecule has 1 N–H and O–H groups in total.